The molecule has 0 heterocycles. The molecule has 0 aliphatic heterocycles. The molecule has 0 saturated carbocycles. The average Bonchev–Trinajstić information content (AvgIpc) is 2.46. The van der Waals surface area contributed by atoms with Crippen LogP contribution in [-0.2, 0) is 4.79 Å². The zero-order valence-electron chi connectivity index (χ0n) is 12.0. The van der Waals surface area contributed by atoms with E-state index in [9.17, 15) is 14.7 Å². The first-order valence-electron chi connectivity index (χ1n) is 6.77. The fraction of sp³-hybridized carbons (Fsp3) is 0.467. The van der Waals surface area contributed by atoms with Crippen LogP contribution in [0, 0.1) is 0 Å². The molecule has 0 fully saturated rings. The minimum absolute atomic E-state index is 0.188. The van der Waals surface area contributed by atoms with E-state index in [1.807, 2.05) is 13.0 Å². The second-order valence-corrected chi connectivity index (χ2v) is 5.00. The topological polar surface area (TPSA) is 78.4 Å². The van der Waals surface area contributed by atoms with E-state index < -0.39 is 5.60 Å². The summed E-state index contributed by atoms with van der Waals surface area (Å²) in [5.74, 6) is -0.383. The maximum atomic E-state index is 11.7. The van der Waals surface area contributed by atoms with Crippen LogP contribution in [0.25, 0.3) is 0 Å². The van der Waals surface area contributed by atoms with Crippen LogP contribution in [0.2, 0.25) is 0 Å². The van der Waals surface area contributed by atoms with Gasteiger partial charge in [0.1, 0.15) is 0 Å². The summed E-state index contributed by atoms with van der Waals surface area (Å²) < 4.78 is 0. The van der Waals surface area contributed by atoms with E-state index in [0.29, 0.717) is 12.0 Å². The van der Waals surface area contributed by atoms with Gasteiger partial charge < -0.3 is 15.7 Å². The maximum Gasteiger partial charge on any atom is 0.251 e. The van der Waals surface area contributed by atoms with Gasteiger partial charge in [-0.2, -0.15) is 0 Å². The Hall–Kier alpha value is -1.88. The first-order valence-corrected chi connectivity index (χ1v) is 6.77. The molecule has 5 heteroatoms. The molecule has 2 amide bonds. The third kappa shape index (κ3) is 5.84. The van der Waals surface area contributed by atoms with Crippen molar-refractivity contribution in [1.82, 2.24) is 10.6 Å². The van der Waals surface area contributed by atoms with Crippen molar-refractivity contribution < 1.29 is 14.7 Å². The maximum absolute atomic E-state index is 11.7. The van der Waals surface area contributed by atoms with Crippen LogP contribution in [0.3, 0.4) is 0 Å². The summed E-state index contributed by atoms with van der Waals surface area (Å²) in [5, 5.41) is 15.1. The third-order valence-electron chi connectivity index (χ3n) is 3.10. The Morgan fingerprint density at radius 1 is 1.20 bits per heavy atom. The Labute approximate surface area is 119 Å². The van der Waals surface area contributed by atoms with Crippen molar-refractivity contribution in [2.45, 2.75) is 32.3 Å². The van der Waals surface area contributed by atoms with Gasteiger partial charge >= 0.3 is 0 Å². The number of carbonyl (C=O) groups excluding carboxylic acids is 2. The molecule has 0 aromatic heterocycles. The van der Waals surface area contributed by atoms with Crippen LogP contribution in [0.4, 0.5) is 0 Å². The van der Waals surface area contributed by atoms with Gasteiger partial charge in [0.05, 0.1) is 5.60 Å². The van der Waals surface area contributed by atoms with Gasteiger partial charge in [-0.1, -0.05) is 25.1 Å². The Morgan fingerprint density at radius 3 is 2.45 bits per heavy atom. The molecule has 1 atom stereocenters. The largest absolute Gasteiger partial charge is 0.388 e. The Balaban J connectivity index is 2.24. The quantitative estimate of drug-likeness (QED) is 0.698. The third-order valence-corrected chi connectivity index (χ3v) is 3.10. The van der Waals surface area contributed by atoms with Crippen LogP contribution >= 0.6 is 0 Å². The number of aliphatic hydroxyl groups is 1. The summed E-state index contributed by atoms with van der Waals surface area (Å²) in [5.41, 5.74) is -0.315. The molecule has 0 bridgehead atoms. The zero-order valence-corrected chi connectivity index (χ0v) is 12.0. The number of amides is 2. The second kappa shape index (κ2) is 7.65. The van der Waals surface area contributed by atoms with Gasteiger partial charge in [0.2, 0.25) is 5.91 Å². The molecule has 0 spiro atoms. The molecule has 5 nitrogen and oxygen atoms in total. The lowest BCUT2D eigenvalue weighted by atomic mass is 10.0. The second-order valence-electron chi connectivity index (χ2n) is 5.00. The standard InChI is InChI=1S/C15H22N2O3/c1-3-15(2,20)11-17-13(18)9-10-16-14(19)12-7-5-4-6-8-12/h4-8,20H,3,9-11H2,1-2H3,(H,16,19)(H,17,18). The van der Waals surface area contributed by atoms with Crippen LogP contribution in [0.15, 0.2) is 30.3 Å². The Morgan fingerprint density at radius 2 is 1.85 bits per heavy atom. The predicted molar refractivity (Wildman–Crippen MR) is 77.3 cm³/mol. The molecular weight excluding hydrogens is 256 g/mol. The number of hydrogen-bond donors (Lipinski definition) is 3. The van der Waals surface area contributed by atoms with E-state index in [-0.39, 0.29) is 31.3 Å². The van der Waals surface area contributed by atoms with E-state index in [2.05, 4.69) is 10.6 Å². The van der Waals surface area contributed by atoms with Crippen LogP contribution in [0.5, 0.6) is 0 Å². The first-order chi connectivity index (χ1) is 9.44. The number of carbonyl (C=O) groups is 2. The highest BCUT2D eigenvalue weighted by atomic mass is 16.3. The molecule has 1 aromatic rings. The summed E-state index contributed by atoms with van der Waals surface area (Å²) >= 11 is 0. The summed E-state index contributed by atoms with van der Waals surface area (Å²) in [6.45, 7) is 4.01. The molecule has 1 unspecified atom stereocenters. The highest BCUT2D eigenvalue weighted by molar-refractivity contribution is 5.94. The van der Waals surface area contributed by atoms with E-state index in [1.165, 1.54) is 0 Å². The fourth-order valence-corrected chi connectivity index (χ4v) is 1.48. The molecular formula is C15H22N2O3. The van der Waals surface area contributed by atoms with Crippen LogP contribution in [0.1, 0.15) is 37.0 Å². The molecule has 1 aromatic carbocycles. The van der Waals surface area contributed by atoms with Gasteiger partial charge in [-0.25, -0.2) is 0 Å². The summed E-state index contributed by atoms with van der Waals surface area (Å²) in [7, 11) is 0. The van der Waals surface area contributed by atoms with Crippen molar-refractivity contribution in [3.63, 3.8) is 0 Å². The molecule has 3 N–H and O–H groups in total. The van der Waals surface area contributed by atoms with Gasteiger partial charge in [0, 0.05) is 25.1 Å². The zero-order chi connectivity index (χ0) is 15.0. The van der Waals surface area contributed by atoms with E-state index in [4.69, 9.17) is 0 Å². The molecule has 1 rings (SSSR count). The first kappa shape index (κ1) is 16.2. The highest BCUT2D eigenvalue weighted by Crippen LogP contribution is 2.05. The van der Waals surface area contributed by atoms with Gasteiger partial charge in [-0.05, 0) is 25.5 Å². The predicted octanol–water partition coefficient (Wildman–Crippen LogP) is 1.08. The lowest BCUT2D eigenvalue weighted by Gasteiger charge is -2.21. The Bertz CT molecular complexity index is 444. The van der Waals surface area contributed by atoms with E-state index in [1.54, 1.807) is 31.2 Å². The van der Waals surface area contributed by atoms with Crippen molar-refractivity contribution in [3.8, 4) is 0 Å². The number of hydrogen-bond acceptors (Lipinski definition) is 3. The average molecular weight is 278 g/mol. The van der Waals surface area contributed by atoms with Gasteiger partial charge in [0.15, 0.2) is 0 Å². The molecule has 0 aliphatic carbocycles. The number of nitrogens with one attached hydrogen (secondary N) is 2. The smallest absolute Gasteiger partial charge is 0.251 e. The minimum atomic E-state index is -0.886. The van der Waals surface area contributed by atoms with Crippen molar-refractivity contribution in [1.29, 1.82) is 0 Å². The fourth-order valence-electron chi connectivity index (χ4n) is 1.48. The number of rotatable bonds is 7. The van der Waals surface area contributed by atoms with E-state index >= 15 is 0 Å². The molecule has 110 valence electrons. The summed E-state index contributed by atoms with van der Waals surface area (Å²) in [4.78, 5) is 23.3. The van der Waals surface area contributed by atoms with E-state index in [0.717, 1.165) is 0 Å². The SMILES string of the molecule is CCC(C)(O)CNC(=O)CCNC(=O)c1ccccc1. The molecule has 20 heavy (non-hydrogen) atoms. The Kier molecular flexibility index (Phi) is 6.18. The monoisotopic (exact) mass is 278 g/mol. The lowest BCUT2D eigenvalue weighted by Crippen LogP contribution is -2.41. The van der Waals surface area contributed by atoms with Crippen LogP contribution < -0.4 is 10.6 Å². The van der Waals surface area contributed by atoms with Crippen molar-refractivity contribution in [2.75, 3.05) is 13.1 Å². The number of benzene rings is 1. The molecule has 0 radical (unpaired) electrons. The molecule has 0 aliphatic rings. The van der Waals surface area contributed by atoms with Crippen LogP contribution in [-0.4, -0.2) is 35.6 Å². The normalized spacial score (nSPS) is 13.3. The van der Waals surface area contributed by atoms with Crippen molar-refractivity contribution in [2.24, 2.45) is 0 Å². The van der Waals surface area contributed by atoms with Gasteiger partial charge in [0.25, 0.3) is 5.91 Å². The van der Waals surface area contributed by atoms with Crippen molar-refractivity contribution in [3.05, 3.63) is 35.9 Å². The molecule has 0 saturated heterocycles. The minimum Gasteiger partial charge on any atom is -0.388 e. The lowest BCUT2D eigenvalue weighted by molar-refractivity contribution is -0.122. The summed E-state index contributed by atoms with van der Waals surface area (Å²) in [6, 6.07) is 8.84. The van der Waals surface area contributed by atoms with Crippen molar-refractivity contribution >= 4 is 11.8 Å². The summed E-state index contributed by atoms with van der Waals surface area (Å²) in [6.07, 6.45) is 0.760. The van der Waals surface area contributed by atoms with Gasteiger partial charge in [-0.3, -0.25) is 9.59 Å². The highest BCUT2D eigenvalue weighted by Gasteiger charge is 2.18. The van der Waals surface area contributed by atoms with Gasteiger partial charge in [-0.15, -0.1) is 0 Å².